The van der Waals surface area contributed by atoms with Crippen molar-refractivity contribution in [3.63, 3.8) is 0 Å². The number of likely N-dealkylation sites (tertiary alicyclic amines) is 1. The molecule has 0 aliphatic carbocycles. The van der Waals surface area contributed by atoms with Crippen molar-refractivity contribution >= 4 is 0 Å². The van der Waals surface area contributed by atoms with Crippen LogP contribution in [0.15, 0.2) is 42.6 Å². The Hall–Kier alpha value is -1.69. The molecule has 2 N–H and O–H groups in total. The van der Waals surface area contributed by atoms with Crippen LogP contribution in [0.3, 0.4) is 0 Å². The second kappa shape index (κ2) is 6.67. The Kier molecular flexibility index (Phi) is 4.39. The average molecular weight is 328 g/mol. The van der Waals surface area contributed by atoms with Crippen LogP contribution in [0, 0.1) is 11.7 Å². The molecule has 4 rings (SSSR count). The molecule has 5 heteroatoms. The van der Waals surface area contributed by atoms with Gasteiger partial charge in [-0.2, -0.15) is 0 Å². The SMILES string of the molecule is CCC1NNC2CCN(Cc3cccn3-c3ccccc3F)CC12. The Morgan fingerprint density at radius 1 is 1.17 bits per heavy atom. The van der Waals surface area contributed by atoms with E-state index in [0.29, 0.717) is 23.7 Å². The van der Waals surface area contributed by atoms with Crippen molar-refractivity contribution in [3.8, 4) is 5.69 Å². The fourth-order valence-corrected chi connectivity index (χ4v) is 4.17. The van der Waals surface area contributed by atoms with Gasteiger partial charge in [-0.15, -0.1) is 0 Å². The molecule has 1 aromatic carbocycles. The molecule has 2 aliphatic rings. The van der Waals surface area contributed by atoms with Gasteiger partial charge in [-0.05, 0) is 37.1 Å². The molecule has 4 nitrogen and oxygen atoms in total. The number of hydrogen-bond acceptors (Lipinski definition) is 3. The van der Waals surface area contributed by atoms with E-state index in [0.717, 1.165) is 38.2 Å². The van der Waals surface area contributed by atoms with Crippen molar-refractivity contribution < 1.29 is 4.39 Å². The van der Waals surface area contributed by atoms with Gasteiger partial charge in [0, 0.05) is 49.5 Å². The van der Waals surface area contributed by atoms with Crippen molar-refractivity contribution in [2.75, 3.05) is 13.1 Å². The zero-order valence-corrected chi connectivity index (χ0v) is 14.1. The summed E-state index contributed by atoms with van der Waals surface area (Å²) in [4.78, 5) is 2.51. The normalized spacial score (nSPS) is 27.3. The summed E-state index contributed by atoms with van der Waals surface area (Å²) in [6.07, 6.45) is 4.26. The number of nitrogens with zero attached hydrogens (tertiary/aromatic N) is 2. The summed E-state index contributed by atoms with van der Waals surface area (Å²) in [5.41, 5.74) is 8.66. The predicted octanol–water partition coefficient (Wildman–Crippen LogP) is 2.69. The Labute approximate surface area is 142 Å². The van der Waals surface area contributed by atoms with Crippen LogP contribution in [0.1, 0.15) is 25.5 Å². The summed E-state index contributed by atoms with van der Waals surface area (Å²) in [5, 5.41) is 0. The molecule has 0 amide bonds. The number of hydrazine groups is 1. The number of nitrogens with one attached hydrogen (secondary N) is 2. The highest BCUT2D eigenvalue weighted by Gasteiger charge is 2.38. The van der Waals surface area contributed by atoms with Gasteiger partial charge in [0.1, 0.15) is 5.82 Å². The van der Waals surface area contributed by atoms with Crippen LogP contribution in [0.2, 0.25) is 0 Å². The maximum Gasteiger partial charge on any atom is 0.147 e. The van der Waals surface area contributed by atoms with Crippen LogP contribution >= 0.6 is 0 Å². The summed E-state index contributed by atoms with van der Waals surface area (Å²) < 4.78 is 16.1. The second-order valence-corrected chi connectivity index (χ2v) is 6.92. The molecule has 0 bridgehead atoms. The summed E-state index contributed by atoms with van der Waals surface area (Å²) in [6.45, 7) is 5.27. The standard InChI is InChI=1S/C19H25FN4/c1-2-17-15-13-23(11-9-18(15)22-21-17)12-14-6-5-10-24(14)19-8-4-3-7-16(19)20/h3-8,10,15,17-18,21-22H,2,9,11-13H2,1H3. The highest BCUT2D eigenvalue weighted by Crippen LogP contribution is 2.27. The van der Waals surface area contributed by atoms with E-state index in [9.17, 15) is 4.39 Å². The van der Waals surface area contributed by atoms with Crippen molar-refractivity contribution in [2.45, 2.75) is 38.4 Å². The zero-order valence-electron chi connectivity index (χ0n) is 14.1. The first-order valence-corrected chi connectivity index (χ1v) is 8.91. The number of aromatic nitrogens is 1. The van der Waals surface area contributed by atoms with E-state index >= 15 is 0 Å². The van der Waals surface area contributed by atoms with Crippen LogP contribution < -0.4 is 10.9 Å². The third kappa shape index (κ3) is 2.88. The van der Waals surface area contributed by atoms with E-state index in [2.05, 4.69) is 28.7 Å². The molecule has 3 unspecified atom stereocenters. The van der Waals surface area contributed by atoms with Gasteiger partial charge in [0.15, 0.2) is 0 Å². The third-order valence-corrected chi connectivity index (χ3v) is 5.48. The smallest absolute Gasteiger partial charge is 0.147 e. The molecule has 0 saturated carbocycles. The molecule has 1 aromatic heterocycles. The Morgan fingerprint density at radius 3 is 2.88 bits per heavy atom. The minimum atomic E-state index is -0.177. The number of para-hydroxylation sites is 1. The van der Waals surface area contributed by atoms with Gasteiger partial charge >= 0.3 is 0 Å². The van der Waals surface area contributed by atoms with E-state index in [1.807, 2.05) is 29.0 Å². The average Bonchev–Trinajstić information content (AvgIpc) is 3.21. The van der Waals surface area contributed by atoms with Crippen molar-refractivity contribution in [1.29, 1.82) is 0 Å². The van der Waals surface area contributed by atoms with Crippen LogP contribution in [-0.4, -0.2) is 34.6 Å². The molecular formula is C19H25FN4. The topological polar surface area (TPSA) is 32.2 Å². The molecule has 2 aromatic rings. The van der Waals surface area contributed by atoms with Crippen LogP contribution in [0.4, 0.5) is 4.39 Å². The summed E-state index contributed by atoms with van der Waals surface area (Å²) in [5.74, 6) is 0.476. The van der Waals surface area contributed by atoms with E-state index in [1.165, 1.54) is 6.07 Å². The summed E-state index contributed by atoms with van der Waals surface area (Å²) in [7, 11) is 0. The number of halogens is 1. The fourth-order valence-electron chi connectivity index (χ4n) is 4.17. The fraction of sp³-hybridized carbons (Fsp3) is 0.474. The number of benzene rings is 1. The second-order valence-electron chi connectivity index (χ2n) is 6.92. The molecule has 3 heterocycles. The van der Waals surface area contributed by atoms with Crippen molar-refractivity contribution in [3.05, 3.63) is 54.1 Å². The van der Waals surface area contributed by atoms with E-state index in [-0.39, 0.29) is 5.82 Å². The molecule has 2 aliphatic heterocycles. The molecule has 0 radical (unpaired) electrons. The highest BCUT2D eigenvalue weighted by atomic mass is 19.1. The maximum atomic E-state index is 14.1. The molecule has 2 fully saturated rings. The Morgan fingerprint density at radius 2 is 2.04 bits per heavy atom. The molecule has 0 spiro atoms. The van der Waals surface area contributed by atoms with Crippen LogP contribution in [-0.2, 0) is 6.54 Å². The monoisotopic (exact) mass is 328 g/mol. The summed E-state index contributed by atoms with van der Waals surface area (Å²) >= 11 is 0. The molecule has 3 atom stereocenters. The van der Waals surface area contributed by atoms with Gasteiger partial charge in [0.2, 0.25) is 0 Å². The summed E-state index contributed by atoms with van der Waals surface area (Å²) in [6, 6.07) is 12.2. The lowest BCUT2D eigenvalue weighted by atomic mass is 9.87. The van der Waals surface area contributed by atoms with E-state index in [4.69, 9.17) is 0 Å². The number of piperidine rings is 1. The Balaban J connectivity index is 1.51. The van der Waals surface area contributed by atoms with Crippen molar-refractivity contribution in [2.24, 2.45) is 5.92 Å². The number of fused-ring (bicyclic) bond motifs is 1. The largest absolute Gasteiger partial charge is 0.317 e. The van der Waals surface area contributed by atoms with Crippen LogP contribution in [0.5, 0.6) is 0 Å². The zero-order chi connectivity index (χ0) is 16.5. The lowest BCUT2D eigenvalue weighted by Gasteiger charge is -2.36. The lowest BCUT2D eigenvalue weighted by Crippen LogP contribution is -2.46. The maximum absolute atomic E-state index is 14.1. The van der Waals surface area contributed by atoms with Gasteiger partial charge in [0.25, 0.3) is 0 Å². The van der Waals surface area contributed by atoms with E-state index in [1.54, 1.807) is 6.07 Å². The number of hydrogen-bond donors (Lipinski definition) is 2. The predicted molar refractivity (Wildman–Crippen MR) is 93.2 cm³/mol. The number of rotatable bonds is 4. The first-order chi connectivity index (χ1) is 11.8. The molecule has 24 heavy (non-hydrogen) atoms. The lowest BCUT2D eigenvalue weighted by molar-refractivity contribution is 0.145. The van der Waals surface area contributed by atoms with E-state index < -0.39 is 0 Å². The van der Waals surface area contributed by atoms with Crippen molar-refractivity contribution in [1.82, 2.24) is 20.3 Å². The van der Waals surface area contributed by atoms with Gasteiger partial charge in [0.05, 0.1) is 5.69 Å². The van der Waals surface area contributed by atoms with Gasteiger partial charge in [-0.3, -0.25) is 15.8 Å². The third-order valence-electron chi connectivity index (χ3n) is 5.48. The van der Waals surface area contributed by atoms with Gasteiger partial charge in [-0.25, -0.2) is 4.39 Å². The highest BCUT2D eigenvalue weighted by molar-refractivity contribution is 5.36. The molecular weight excluding hydrogens is 303 g/mol. The first kappa shape index (κ1) is 15.8. The van der Waals surface area contributed by atoms with Gasteiger partial charge < -0.3 is 4.57 Å². The van der Waals surface area contributed by atoms with Crippen LogP contribution in [0.25, 0.3) is 5.69 Å². The minimum Gasteiger partial charge on any atom is -0.317 e. The van der Waals surface area contributed by atoms with Gasteiger partial charge in [-0.1, -0.05) is 19.1 Å². The Bertz CT molecular complexity index is 692. The molecule has 128 valence electrons. The first-order valence-electron chi connectivity index (χ1n) is 8.91. The quantitative estimate of drug-likeness (QED) is 0.905. The minimum absolute atomic E-state index is 0.177. The molecule has 2 saturated heterocycles.